The van der Waals surface area contributed by atoms with Crippen molar-refractivity contribution < 1.29 is 9.50 Å². The molecule has 1 atom stereocenters. The van der Waals surface area contributed by atoms with Crippen LogP contribution in [-0.4, -0.2) is 10.1 Å². The number of hydrogen-bond acceptors (Lipinski definition) is 3. The lowest BCUT2D eigenvalue weighted by molar-refractivity contribution is 0.218. The van der Waals surface area contributed by atoms with E-state index >= 15 is 0 Å². The van der Waals surface area contributed by atoms with E-state index in [1.165, 1.54) is 17.4 Å². The molecule has 1 aromatic carbocycles. The molecule has 1 aromatic heterocycles. The van der Waals surface area contributed by atoms with Crippen molar-refractivity contribution in [3.05, 3.63) is 48.6 Å². The number of aromatic nitrogens is 1. The molecule has 96 valence electrons. The van der Waals surface area contributed by atoms with Gasteiger partial charge in [-0.2, -0.15) is 0 Å². The van der Waals surface area contributed by atoms with Crippen molar-refractivity contribution in [2.45, 2.75) is 20.0 Å². The third kappa shape index (κ3) is 2.45. The molecular weight excluding hydrogens is 341 g/mol. The zero-order valence-electron chi connectivity index (χ0n) is 9.67. The van der Waals surface area contributed by atoms with Gasteiger partial charge in [0.15, 0.2) is 0 Å². The summed E-state index contributed by atoms with van der Waals surface area (Å²) in [6.45, 7) is 3.64. The van der Waals surface area contributed by atoms with Crippen LogP contribution in [-0.2, 0) is 0 Å². The Morgan fingerprint density at radius 3 is 2.67 bits per heavy atom. The quantitative estimate of drug-likeness (QED) is 0.815. The van der Waals surface area contributed by atoms with Crippen molar-refractivity contribution in [1.82, 2.24) is 4.98 Å². The van der Waals surface area contributed by atoms with Crippen molar-refractivity contribution in [1.29, 1.82) is 0 Å². The smallest absolute Gasteiger partial charge is 0.149 e. The third-order valence-electron chi connectivity index (χ3n) is 2.55. The van der Waals surface area contributed by atoms with Crippen LogP contribution in [0.15, 0.2) is 16.6 Å². The second-order valence-electron chi connectivity index (χ2n) is 3.85. The minimum atomic E-state index is -1.04. The summed E-state index contributed by atoms with van der Waals surface area (Å²) in [6.07, 6.45) is -1.04. The highest BCUT2D eigenvalue weighted by Crippen LogP contribution is 2.35. The molecule has 1 unspecified atom stereocenters. The zero-order chi connectivity index (χ0) is 13.4. The van der Waals surface area contributed by atoms with Crippen molar-refractivity contribution >= 4 is 38.9 Å². The summed E-state index contributed by atoms with van der Waals surface area (Å²) in [4.78, 5) is 4.86. The first-order valence-corrected chi connectivity index (χ1v) is 7.16. The van der Waals surface area contributed by atoms with Crippen molar-refractivity contribution in [3.8, 4) is 0 Å². The molecule has 0 saturated heterocycles. The van der Waals surface area contributed by atoms with Gasteiger partial charge in [-0.15, -0.1) is 11.3 Å². The van der Waals surface area contributed by atoms with E-state index in [1.54, 1.807) is 13.0 Å². The highest BCUT2D eigenvalue weighted by molar-refractivity contribution is 9.10. The fourth-order valence-corrected chi connectivity index (χ4v) is 3.11. The lowest BCUT2D eigenvalue weighted by atomic mass is 10.1. The van der Waals surface area contributed by atoms with Crippen LogP contribution in [0, 0.1) is 19.7 Å². The molecule has 0 aliphatic rings. The molecule has 0 amide bonds. The van der Waals surface area contributed by atoms with Crippen LogP contribution in [0.2, 0.25) is 5.02 Å². The van der Waals surface area contributed by atoms with Crippen LogP contribution in [0.25, 0.3) is 0 Å². The predicted molar refractivity (Wildman–Crippen MR) is 74.8 cm³/mol. The Morgan fingerprint density at radius 1 is 1.44 bits per heavy atom. The number of halogens is 3. The first-order chi connectivity index (χ1) is 8.41. The minimum Gasteiger partial charge on any atom is -0.383 e. The van der Waals surface area contributed by atoms with Gasteiger partial charge in [0.25, 0.3) is 0 Å². The lowest BCUT2D eigenvalue weighted by Gasteiger charge is -2.12. The van der Waals surface area contributed by atoms with Gasteiger partial charge < -0.3 is 5.11 Å². The zero-order valence-corrected chi connectivity index (χ0v) is 12.8. The number of rotatable bonds is 2. The Balaban J connectivity index is 2.49. The molecule has 0 fully saturated rings. The van der Waals surface area contributed by atoms with E-state index in [1.807, 2.05) is 6.92 Å². The van der Waals surface area contributed by atoms with E-state index < -0.39 is 11.9 Å². The maximum atomic E-state index is 14.0. The van der Waals surface area contributed by atoms with E-state index in [0.29, 0.717) is 15.0 Å². The second-order valence-corrected chi connectivity index (χ2v) is 6.32. The third-order valence-corrected chi connectivity index (χ3v) is 4.93. The van der Waals surface area contributed by atoms with Crippen LogP contribution in [0.4, 0.5) is 4.39 Å². The summed E-state index contributed by atoms with van der Waals surface area (Å²) in [5.41, 5.74) is 0.874. The van der Waals surface area contributed by atoms with Gasteiger partial charge in [0.05, 0.1) is 20.6 Å². The van der Waals surface area contributed by atoms with Crippen LogP contribution in [0.5, 0.6) is 0 Å². The molecule has 2 aromatic rings. The maximum absolute atomic E-state index is 14.0. The van der Waals surface area contributed by atoms with Gasteiger partial charge >= 0.3 is 0 Å². The van der Waals surface area contributed by atoms with Crippen LogP contribution >= 0.6 is 38.9 Å². The molecule has 2 rings (SSSR count). The van der Waals surface area contributed by atoms with Gasteiger partial charge in [0.2, 0.25) is 0 Å². The average Bonchev–Trinajstić information content (AvgIpc) is 2.65. The first kappa shape index (κ1) is 13.9. The molecule has 0 bridgehead atoms. The van der Waals surface area contributed by atoms with E-state index in [9.17, 15) is 9.50 Å². The van der Waals surface area contributed by atoms with E-state index in [0.717, 1.165) is 5.01 Å². The highest BCUT2D eigenvalue weighted by Gasteiger charge is 2.22. The molecule has 0 aliphatic carbocycles. The van der Waals surface area contributed by atoms with Gasteiger partial charge in [-0.05, 0) is 35.8 Å². The van der Waals surface area contributed by atoms with Crippen molar-refractivity contribution in [2.24, 2.45) is 0 Å². The van der Waals surface area contributed by atoms with Crippen molar-refractivity contribution in [3.63, 3.8) is 0 Å². The Morgan fingerprint density at radius 2 is 2.11 bits per heavy atom. The Hall–Kier alpha value is -0.490. The molecule has 1 heterocycles. The molecule has 0 radical (unpaired) electrons. The van der Waals surface area contributed by atoms with E-state index in [-0.39, 0.29) is 10.6 Å². The molecule has 2 nitrogen and oxygen atoms in total. The second kappa shape index (κ2) is 5.25. The lowest BCUT2D eigenvalue weighted by Crippen LogP contribution is -2.03. The molecular formula is C12H10BrClFNOS. The maximum Gasteiger partial charge on any atom is 0.149 e. The minimum absolute atomic E-state index is 0.0227. The largest absolute Gasteiger partial charge is 0.383 e. The summed E-state index contributed by atoms with van der Waals surface area (Å²) < 4.78 is 14.5. The summed E-state index contributed by atoms with van der Waals surface area (Å²) in [5, 5.41) is 11.1. The first-order valence-electron chi connectivity index (χ1n) is 5.17. The standard InChI is InChI=1S/C12H10BrClFNOS/c1-5-12(18-6(2)16-5)11(17)7-3-4-8(13)9(14)10(7)15/h3-4,11,17H,1-2H3. The number of thiazole rings is 1. The summed E-state index contributed by atoms with van der Waals surface area (Å²) in [7, 11) is 0. The number of aryl methyl sites for hydroxylation is 2. The van der Waals surface area contributed by atoms with Gasteiger partial charge in [-0.3, -0.25) is 0 Å². The van der Waals surface area contributed by atoms with Gasteiger partial charge in [-0.25, -0.2) is 9.37 Å². The molecule has 1 N–H and O–H groups in total. The topological polar surface area (TPSA) is 33.1 Å². The molecule has 0 saturated carbocycles. The van der Waals surface area contributed by atoms with Gasteiger partial charge in [0, 0.05) is 10.0 Å². The fraction of sp³-hybridized carbons (Fsp3) is 0.250. The Bertz CT molecular complexity index is 602. The summed E-state index contributed by atoms with van der Waals surface area (Å²) >= 11 is 10.3. The molecule has 0 aliphatic heterocycles. The van der Waals surface area contributed by atoms with E-state index in [2.05, 4.69) is 20.9 Å². The number of aliphatic hydroxyl groups excluding tert-OH is 1. The number of hydrogen-bond donors (Lipinski definition) is 1. The SMILES string of the molecule is Cc1nc(C)c(C(O)c2ccc(Br)c(Cl)c2F)s1. The summed E-state index contributed by atoms with van der Waals surface area (Å²) in [6, 6.07) is 3.14. The molecule has 18 heavy (non-hydrogen) atoms. The Kier molecular flexibility index (Phi) is 4.06. The summed E-state index contributed by atoms with van der Waals surface area (Å²) in [5.74, 6) is -0.607. The predicted octanol–water partition coefficient (Wildman–Crippen LogP) is 4.40. The fourth-order valence-electron chi connectivity index (χ4n) is 1.69. The van der Waals surface area contributed by atoms with Crippen LogP contribution in [0.3, 0.4) is 0 Å². The monoisotopic (exact) mass is 349 g/mol. The highest BCUT2D eigenvalue weighted by atomic mass is 79.9. The molecule has 0 spiro atoms. The normalized spacial score (nSPS) is 12.8. The van der Waals surface area contributed by atoms with Gasteiger partial charge in [0.1, 0.15) is 11.9 Å². The number of aliphatic hydroxyl groups is 1. The van der Waals surface area contributed by atoms with E-state index in [4.69, 9.17) is 11.6 Å². The average molecular weight is 351 g/mol. The van der Waals surface area contributed by atoms with Gasteiger partial charge in [-0.1, -0.05) is 17.7 Å². The number of benzene rings is 1. The van der Waals surface area contributed by atoms with Crippen LogP contribution < -0.4 is 0 Å². The van der Waals surface area contributed by atoms with Crippen molar-refractivity contribution in [2.75, 3.05) is 0 Å². The number of nitrogens with zero attached hydrogens (tertiary/aromatic N) is 1. The Labute approximate surface area is 122 Å². The van der Waals surface area contributed by atoms with Crippen LogP contribution in [0.1, 0.15) is 27.2 Å². The molecule has 6 heteroatoms.